The average Bonchev–Trinajstić information content (AvgIpc) is 2.86. The van der Waals surface area contributed by atoms with Crippen LogP contribution in [0.15, 0.2) is 18.2 Å². The van der Waals surface area contributed by atoms with Crippen molar-refractivity contribution in [2.75, 3.05) is 24.5 Å². The summed E-state index contributed by atoms with van der Waals surface area (Å²) in [4.78, 5) is 2.35. The Kier molecular flexibility index (Phi) is 4.69. The summed E-state index contributed by atoms with van der Waals surface area (Å²) in [5, 5.41) is 3.24. The number of nitrogens with zero attached hydrogens (tertiary/aromatic N) is 1. The van der Waals surface area contributed by atoms with Gasteiger partial charge in [0.05, 0.1) is 0 Å². The van der Waals surface area contributed by atoms with Gasteiger partial charge in [0.1, 0.15) is 5.82 Å². The molecule has 1 aliphatic heterocycles. The Hall–Kier alpha value is -1.09. The van der Waals surface area contributed by atoms with Gasteiger partial charge in [0, 0.05) is 30.9 Å². The van der Waals surface area contributed by atoms with E-state index in [9.17, 15) is 4.39 Å². The lowest BCUT2D eigenvalue weighted by molar-refractivity contribution is 0.263. The van der Waals surface area contributed by atoms with E-state index in [1.807, 2.05) is 13.0 Å². The van der Waals surface area contributed by atoms with Gasteiger partial charge in [0.2, 0.25) is 0 Å². The van der Waals surface area contributed by atoms with E-state index >= 15 is 0 Å². The highest BCUT2D eigenvalue weighted by molar-refractivity contribution is 5.55. The third-order valence-electron chi connectivity index (χ3n) is 4.40. The van der Waals surface area contributed by atoms with E-state index in [1.165, 1.54) is 6.42 Å². The maximum atomic E-state index is 14.1. The highest BCUT2D eigenvalue weighted by atomic mass is 19.1. The van der Waals surface area contributed by atoms with Gasteiger partial charge < -0.3 is 10.2 Å². The number of rotatable bonds is 4. The first-order valence-electron chi connectivity index (χ1n) is 7.66. The van der Waals surface area contributed by atoms with Crippen LogP contribution in [0.3, 0.4) is 0 Å². The Morgan fingerprint density at radius 1 is 1.35 bits per heavy atom. The Labute approximate surface area is 122 Å². The van der Waals surface area contributed by atoms with Gasteiger partial charge in [-0.2, -0.15) is 0 Å². The molecule has 3 heteroatoms. The molecule has 0 amide bonds. The monoisotopic (exact) mass is 278 g/mol. The molecule has 1 saturated heterocycles. The fraction of sp³-hybridized carbons (Fsp3) is 0.647. The molecule has 1 unspecified atom stereocenters. The maximum Gasteiger partial charge on any atom is 0.129 e. The molecule has 0 bridgehead atoms. The molecule has 112 valence electrons. The van der Waals surface area contributed by atoms with Crippen molar-refractivity contribution in [1.29, 1.82) is 0 Å². The molecule has 0 saturated carbocycles. The van der Waals surface area contributed by atoms with Gasteiger partial charge in [-0.3, -0.25) is 0 Å². The van der Waals surface area contributed by atoms with Crippen molar-refractivity contribution in [3.8, 4) is 0 Å². The van der Waals surface area contributed by atoms with Crippen molar-refractivity contribution in [2.45, 2.75) is 40.7 Å². The second-order valence-electron chi connectivity index (χ2n) is 6.82. The first-order chi connectivity index (χ1) is 9.43. The summed E-state index contributed by atoms with van der Waals surface area (Å²) in [6, 6.07) is 5.44. The topological polar surface area (TPSA) is 15.3 Å². The Morgan fingerprint density at radius 2 is 2.10 bits per heavy atom. The van der Waals surface area contributed by atoms with Gasteiger partial charge >= 0.3 is 0 Å². The van der Waals surface area contributed by atoms with Crippen LogP contribution in [0.25, 0.3) is 0 Å². The van der Waals surface area contributed by atoms with Crippen LogP contribution in [0.5, 0.6) is 0 Å². The van der Waals surface area contributed by atoms with Crippen LogP contribution in [0.4, 0.5) is 10.1 Å². The predicted molar refractivity (Wildman–Crippen MR) is 83.6 cm³/mol. The van der Waals surface area contributed by atoms with Crippen molar-refractivity contribution in [1.82, 2.24) is 5.32 Å². The van der Waals surface area contributed by atoms with Gasteiger partial charge in [0.25, 0.3) is 0 Å². The molecule has 2 rings (SSSR count). The van der Waals surface area contributed by atoms with Crippen LogP contribution in [-0.2, 0) is 6.54 Å². The molecule has 1 aromatic rings. The van der Waals surface area contributed by atoms with E-state index in [0.29, 0.717) is 17.9 Å². The van der Waals surface area contributed by atoms with E-state index in [4.69, 9.17) is 0 Å². The lowest BCUT2D eigenvalue weighted by Crippen LogP contribution is -2.27. The van der Waals surface area contributed by atoms with Crippen LogP contribution in [0.1, 0.15) is 39.7 Å². The molecule has 1 fully saturated rings. The minimum absolute atomic E-state index is 0.0948. The largest absolute Gasteiger partial charge is 0.371 e. The van der Waals surface area contributed by atoms with Gasteiger partial charge in [-0.25, -0.2) is 4.39 Å². The fourth-order valence-corrected chi connectivity index (χ4v) is 2.95. The first-order valence-corrected chi connectivity index (χ1v) is 7.66. The molecule has 0 aliphatic carbocycles. The SMILES string of the molecule is CCNCc1c(F)cccc1N1CCC(C(C)(C)C)C1. The first kappa shape index (κ1) is 15.3. The van der Waals surface area contributed by atoms with Gasteiger partial charge in [-0.15, -0.1) is 0 Å². The Morgan fingerprint density at radius 3 is 2.70 bits per heavy atom. The highest BCUT2D eigenvalue weighted by Crippen LogP contribution is 2.36. The normalized spacial score (nSPS) is 19.6. The fourth-order valence-electron chi connectivity index (χ4n) is 2.95. The molecule has 0 aromatic heterocycles. The van der Waals surface area contributed by atoms with E-state index in [-0.39, 0.29) is 5.82 Å². The van der Waals surface area contributed by atoms with Gasteiger partial charge in [0.15, 0.2) is 0 Å². The van der Waals surface area contributed by atoms with Gasteiger partial charge in [-0.1, -0.05) is 33.8 Å². The molecular formula is C17H27FN2. The molecule has 1 aromatic carbocycles. The van der Waals surface area contributed by atoms with Crippen LogP contribution in [0, 0.1) is 17.2 Å². The molecule has 20 heavy (non-hydrogen) atoms. The van der Waals surface area contributed by atoms with E-state index < -0.39 is 0 Å². The van der Waals surface area contributed by atoms with Crippen LogP contribution in [-0.4, -0.2) is 19.6 Å². The van der Waals surface area contributed by atoms with Crippen LogP contribution in [0.2, 0.25) is 0 Å². The quantitative estimate of drug-likeness (QED) is 0.901. The minimum Gasteiger partial charge on any atom is -0.371 e. The summed E-state index contributed by atoms with van der Waals surface area (Å²) in [5.41, 5.74) is 2.20. The summed E-state index contributed by atoms with van der Waals surface area (Å²) in [6.45, 7) is 12.5. The number of hydrogen-bond donors (Lipinski definition) is 1. The third-order valence-corrected chi connectivity index (χ3v) is 4.40. The number of anilines is 1. The zero-order chi connectivity index (χ0) is 14.8. The lowest BCUT2D eigenvalue weighted by atomic mass is 9.80. The summed E-state index contributed by atoms with van der Waals surface area (Å²) < 4.78 is 14.1. The number of nitrogens with one attached hydrogen (secondary N) is 1. The molecule has 2 nitrogen and oxygen atoms in total. The Bertz CT molecular complexity index is 451. The molecule has 0 radical (unpaired) electrons. The predicted octanol–water partition coefficient (Wildman–Crippen LogP) is 3.81. The van der Waals surface area contributed by atoms with Crippen molar-refractivity contribution >= 4 is 5.69 Å². The van der Waals surface area contributed by atoms with Crippen molar-refractivity contribution < 1.29 is 4.39 Å². The molecule has 0 spiro atoms. The van der Waals surface area contributed by atoms with Crippen molar-refractivity contribution in [3.05, 3.63) is 29.6 Å². The third kappa shape index (κ3) is 3.32. The number of halogens is 1. The Balaban J connectivity index is 2.19. The average molecular weight is 278 g/mol. The standard InChI is InChI=1S/C17H27FN2/c1-5-19-11-14-15(18)7-6-8-16(14)20-10-9-13(12-20)17(2,3)4/h6-8,13,19H,5,9-12H2,1-4H3. The summed E-state index contributed by atoms with van der Waals surface area (Å²) in [7, 11) is 0. The van der Waals surface area contributed by atoms with E-state index in [1.54, 1.807) is 6.07 Å². The molecule has 1 atom stereocenters. The van der Waals surface area contributed by atoms with Crippen LogP contribution >= 0.6 is 0 Å². The van der Waals surface area contributed by atoms with Gasteiger partial charge in [-0.05, 0) is 36.4 Å². The van der Waals surface area contributed by atoms with Crippen LogP contribution < -0.4 is 10.2 Å². The molecule has 1 aliphatic rings. The summed E-state index contributed by atoms with van der Waals surface area (Å²) in [6.07, 6.45) is 1.20. The van der Waals surface area contributed by atoms with E-state index in [2.05, 4.69) is 37.1 Å². The summed E-state index contributed by atoms with van der Waals surface area (Å²) in [5.74, 6) is 0.584. The molecular weight excluding hydrogens is 251 g/mol. The number of benzene rings is 1. The highest BCUT2D eigenvalue weighted by Gasteiger charge is 2.32. The minimum atomic E-state index is -0.0948. The molecule has 1 N–H and O–H groups in total. The van der Waals surface area contributed by atoms with Crippen molar-refractivity contribution in [3.63, 3.8) is 0 Å². The zero-order valence-electron chi connectivity index (χ0n) is 13.2. The second-order valence-corrected chi connectivity index (χ2v) is 6.82. The zero-order valence-corrected chi connectivity index (χ0v) is 13.2. The smallest absolute Gasteiger partial charge is 0.129 e. The lowest BCUT2D eigenvalue weighted by Gasteiger charge is -2.28. The number of hydrogen-bond acceptors (Lipinski definition) is 2. The van der Waals surface area contributed by atoms with Crippen molar-refractivity contribution in [2.24, 2.45) is 11.3 Å². The molecule has 1 heterocycles. The maximum absolute atomic E-state index is 14.1. The second kappa shape index (κ2) is 6.13. The summed E-state index contributed by atoms with van der Waals surface area (Å²) >= 11 is 0. The van der Waals surface area contributed by atoms with E-state index in [0.717, 1.165) is 30.9 Å².